The molecule has 174 valence electrons. The zero-order valence-electron chi connectivity index (χ0n) is 19.3. The Labute approximate surface area is 204 Å². The Balaban J connectivity index is 0.00000341. The second-order valence-corrected chi connectivity index (χ2v) is 9.34. The van der Waals surface area contributed by atoms with E-state index in [4.69, 9.17) is 4.74 Å². The molecule has 3 rings (SSSR count). The number of hydrogen-bond acceptors (Lipinski definition) is 4. The van der Waals surface area contributed by atoms with Crippen molar-refractivity contribution in [2.45, 2.75) is 64.5 Å². The highest BCUT2D eigenvalue weighted by molar-refractivity contribution is 14.0. The van der Waals surface area contributed by atoms with Crippen LogP contribution in [0.1, 0.15) is 52.1 Å². The molecule has 1 saturated carbocycles. The molecular weight excluding hydrogens is 505 g/mol. The van der Waals surface area contributed by atoms with Gasteiger partial charge in [-0.25, -0.2) is 4.79 Å². The second kappa shape index (κ2) is 11.9. The number of hydrogen-bond donors (Lipinski definition) is 1. The van der Waals surface area contributed by atoms with Crippen molar-refractivity contribution in [3.8, 4) is 0 Å². The Morgan fingerprint density at radius 1 is 1.26 bits per heavy atom. The SMILES string of the molecule is CN=C(NCCc1ccccn1)N1CCC(N(CC2CC2)C(=O)OC(C)(C)C)CC1.I. The summed E-state index contributed by atoms with van der Waals surface area (Å²) in [5.41, 5.74) is 0.617. The predicted octanol–water partition coefficient (Wildman–Crippen LogP) is 3.93. The van der Waals surface area contributed by atoms with Crippen molar-refractivity contribution in [2.24, 2.45) is 10.9 Å². The lowest BCUT2D eigenvalue weighted by atomic mass is 10.0. The molecule has 0 atom stereocenters. The van der Waals surface area contributed by atoms with Crippen LogP contribution in [0.2, 0.25) is 0 Å². The molecule has 7 nitrogen and oxygen atoms in total. The van der Waals surface area contributed by atoms with Gasteiger partial charge in [0.25, 0.3) is 0 Å². The smallest absolute Gasteiger partial charge is 0.410 e. The summed E-state index contributed by atoms with van der Waals surface area (Å²) < 4.78 is 5.70. The summed E-state index contributed by atoms with van der Waals surface area (Å²) in [6, 6.07) is 6.23. The number of ether oxygens (including phenoxy) is 1. The summed E-state index contributed by atoms with van der Waals surface area (Å²) in [7, 11) is 1.83. The van der Waals surface area contributed by atoms with Gasteiger partial charge in [0.1, 0.15) is 5.60 Å². The highest BCUT2D eigenvalue weighted by atomic mass is 127. The number of carbonyl (C=O) groups excluding carboxylic acids is 1. The molecule has 0 radical (unpaired) electrons. The van der Waals surface area contributed by atoms with E-state index in [1.54, 1.807) is 0 Å². The van der Waals surface area contributed by atoms with E-state index >= 15 is 0 Å². The van der Waals surface area contributed by atoms with Crippen LogP contribution in [0.3, 0.4) is 0 Å². The first kappa shape index (κ1) is 25.7. The number of carbonyl (C=O) groups is 1. The molecule has 1 aliphatic heterocycles. The second-order valence-electron chi connectivity index (χ2n) is 9.34. The van der Waals surface area contributed by atoms with Gasteiger partial charge in [0.2, 0.25) is 0 Å². The standard InChI is InChI=1S/C23H37N5O2.HI/c1-23(2,3)30-22(29)28(17-18-8-9-18)20-11-15-27(16-12-20)21(24-4)26-14-10-19-7-5-6-13-25-19;/h5-7,13,18,20H,8-12,14-17H2,1-4H3,(H,24,26);1H. The van der Waals surface area contributed by atoms with Crippen LogP contribution in [0.25, 0.3) is 0 Å². The molecule has 0 unspecified atom stereocenters. The van der Waals surface area contributed by atoms with Crippen LogP contribution in [0.5, 0.6) is 0 Å². The normalized spacial score (nSPS) is 17.7. The van der Waals surface area contributed by atoms with Crippen molar-refractivity contribution in [2.75, 3.05) is 33.2 Å². The van der Waals surface area contributed by atoms with Crippen molar-refractivity contribution in [1.29, 1.82) is 0 Å². The number of nitrogens with one attached hydrogen (secondary N) is 1. The number of aliphatic imine (C=N–C) groups is 1. The fourth-order valence-corrected chi connectivity index (χ4v) is 3.84. The van der Waals surface area contributed by atoms with Gasteiger partial charge >= 0.3 is 6.09 Å². The van der Waals surface area contributed by atoms with Gasteiger partial charge in [-0.1, -0.05) is 6.07 Å². The van der Waals surface area contributed by atoms with E-state index in [-0.39, 0.29) is 36.1 Å². The monoisotopic (exact) mass is 543 g/mol. The maximum absolute atomic E-state index is 12.8. The Bertz CT molecular complexity index is 710. The maximum Gasteiger partial charge on any atom is 0.410 e. The van der Waals surface area contributed by atoms with E-state index in [2.05, 4.69) is 20.2 Å². The molecular formula is C23H38IN5O2. The average molecular weight is 543 g/mol. The third-order valence-corrected chi connectivity index (χ3v) is 5.59. The summed E-state index contributed by atoms with van der Waals surface area (Å²) in [6.07, 6.45) is 6.86. The summed E-state index contributed by atoms with van der Waals surface area (Å²) in [5, 5.41) is 3.46. The molecule has 2 aliphatic rings. The molecule has 31 heavy (non-hydrogen) atoms. The molecule has 1 aliphatic carbocycles. The van der Waals surface area contributed by atoms with Gasteiger partial charge in [-0.2, -0.15) is 0 Å². The Hall–Kier alpha value is -1.58. The number of aromatic nitrogens is 1. The van der Waals surface area contributed by atoms with E-state index in [1.165, 1.54) is 12.8 Å². The quantitative estimate of drug-likeness (QED) is 0.335. The number of rotatable bonds is 6. The molecule has 1 aromatic rings. The molecule has 1 aromatic heterocycles. The predicted molar refractivity (Wildman–Crippen MR) is 135 cm³/mol. The Morgan fingerprint density at radius 2 is 1.97 bits per heavy atom. The third kappa shape index (κ3) is 8.46. The van der Waals surface area contributed by atoms with Crippen LogP contribution in [0.4, 0.5) is 4.79 Å². The summed E-state index contributed by atoms with van der Waals surface area (Å²) >= 11 is 0. The van der Waals surface area contributed by atoms with Gasteiger partial charge in [-0.3, -0.25) is 9.98 Å². The van der Waals surface area contributed by atoms with Gasteiger partial charge in [0.15, 0.2) is 5.96 Å². The summed E-state index contributed by atoms with van der Waals surface area (Å²) in [4.78, 5) is 25.9. The number of nitrogens with zero attached hydrogens (tertiary/aromatic N) is 4. The molecule has 0 spiro atoms. The summed E-state index contributed by atoms with van der Waals surface area (Å²) in [6.45, 7) is 9.21. The molecule has 2 fully saturated rings. The molecule has 1 amide bonds. The minimum absolute atomic E-state index is 0. The number of likely N-dealkylation sites (tertiary alicyclic amines) is 1. The highest BCUT2D eigenvalue weighted by Gasteiger charge is 2.35. The molecule has 0 bridgehead atoms. The van der Waals surface area contributed by atoms with E-state index in [0.29, 0.717) is 5.92 Å². The number of guanidine groups is 1. The van der Waals surface area contributed by atoms with Crippen LogP contribution >= 0.6 is 24.0 Å². The van der Waals surface area contributed by atoms with Crippen molar-refractivity contribution in [3.05, 3.63) is 30.1 Å². The van der Waals surface area contributed by atoms with Gasteiger partial charge < -0.3 is 19.9 Å². The van der Waals surface area contributed by atoms with Crippen molar-refractivity contribution in [1.82, 2.24) is 20.1 Å². The van der Waals surface area contributed by atoms with E-state index in [1.807, 2.05) is 57.1 Å². The van der Waals surface area contributed by atoms with Crippen LogP contribution < -0.4 is 5.32 Å². The van der Waals surface area contributed by atoms with Gasteiger partial charge in [0, 0.05) is 57.6 Å². The van der Waals surface area contributed by atoms with Crippen molar-refractivity contribution in [3.63, 3.8) is 0 Å². The highest BCUT2D eigenvalue weighted by Crippen LogP contribution is 2.32. The van der Waals surface area contributed by atoms with E-state index in [0.717, 1.165) is 57.1 Å². The lowest BCUT2D eigenvalue weighted by Crippen LogP contribution is -2.52. The molecule has 1 saturated heterocycles. The molecule has 2 heterocycles. The third-order valence-electron chi connectivity index (χ3n) is 5.59. The Kier molecular flexibility index (Phi) is 9.84. The number of amides is 1. The van der Waals surface area contributed by atoms with Gasteiger partial charge in [-0.05, 0) is 64.5 Å². The van der Waals surface area contributed by atoms with Crippen molar-refractivity contribution < 1.29 is 9.53 Å². The molecule has 0 aromatic carbocycles. The van der Waals surface area contributed by atoms with Gasteiger partial charge in [0.05, 0.1) is 0 Å². The summed E-state index contributed by atoms with van der Waals surface area (Å²) in [5.74, 6) is 1.58. The topological polar surface area (TPSA) is 70.1 Å². The largest absolute Gasteiger partial charge is 0.444 e. The number of pyridine rings is 1. The number of halogens is 1. The first-order chi connectivity index (χ1) is 14.4. The van der Waals surface area contributed by atoms with Crippen LogP contribution in [0, 0.1) is 5.92 Å². The average Bonchev–Trinajstić information content (AvgIpc) is 3.53. The maximum atomic E-state index is 12.8. The first-order valence-corrected chi connectivity index (χ1v) is 11.2. The van der Waals surface area contributed by atoms with E-state index < -0.39 is 5.60 Å². The van der Waals surface area contributed by atoms with Crippen molar-refractivity contribution >= 4 is 36.0 Å². The zero-order valence-corrected chi connectivity index (χ0v) is 21.7. The molecule has 8 heteroatoms. The lowest BCUT2D eigenvalue weighted by Gasteiger charge is -2.40. The minimum Gasteiger partial charge on any atom is -0.444 e. The van der Waals surface area contributed by atoms with Crippen LogP contribution in [0.15, 0.2) is 29.4 Å². The first-order valence-electron chi connectivity index (χ1n) is 11.2. The fourth-order valence-electron chi connectivity index (χ4n) is 3.84. The van der Waals surface area contributed by atoms with Crippen LogP contribution in [-0.2, 0) is 11.2 Å². The lowest BCUT2D eigenvalue weighted by molar-refractivity contribution is 0.00929. The Morgan fingerprint density at radius 3 is 2.52 bits per heavy atom. The number of piperidine rings is 1. The van der Waals surface area contributed by atoms with Gasteiger partial charge in [-0.15, -0.1) is 24.0 Å². The van der Waals surface area contributed by atoms with E-state index in [9.17, 15) is 4.79 Å². The zero-order chi connectivity index (χ0) is 21.6. The fraction of sp³-hybridized carbons (Fsp3) is 0.696. The molecule has 1 N–H and O–H groups in total. The minimum atomic E-state index is -0.459. The van der Waals surface area contributed by atoms with Crippen LogP contribution in [-0.4, -0.2) is 71.7 Å².